The van der Waals surface area contributed by atoms with Gasteiger partial charge in [-0.15, -0.1) is 12.0 Å². The van der Waals surface area contributed by atoms with Crippen LogP contribution in [0.15, 0.2) is 23.4 Å². The molecule has 0 bridgehead atoms. The van der Waals surface area contributed by atoms with Crippen LogP contribution >= 0.6 is 0 Å². The summed E-state index contributed by atoms with van der Waals surface area (Å²) in [6, 6.07) is 5.15. The largest absolute Gasteiger partial charge is 2.00 e. The van der Waals surface area contributed by atoms with E-state index in [1.165, 1.54) is 0 Å². The van der Waals surface area contributed by atoms with Crippen molar-refractivity contribution < 1.29 is 17.1 Å². The molecule has 1 aliphatic carbocycles. The van der Waals surface area contributed by atoms with Crippen LogP contribution in [-0.2, 0) is 17.1 Å². The summed E-state index contributed by atoms with van der Waals surface area (Å²) in [6.07, 6.45) is 5.15. The average molecular weight is 618 g/mol. The molecule has 0 unspecified atom stereocenters. The van der Waals surface area contributed by atoms with Gasteiger partial charge in [0.1, 0.15) is 0 Å². The first kappa shape index (κ1) is 35.8. The summed E-state index contributed by atoms with van der Waals surface area (Å²) in [5.41, 5.74) is 3.42. The first-order valence-corrected chi connectivity index (χ1v) is 34.3. The van der Waals surface area contributed by atoms with Gasteiger partial charge in [-0.1, -0.05) is 118 Å². The molecule has 201 valence electrons. The maximum atomic E-state index is 2.58. The molecule has 7 heteroatoms. The number of hydrogen-bond acceptors (Lipinski definition) is 0. The zero-order chi connectivity index (χ0) is 27.3. The Kier molecular flexibility index (Phi) is 11.7. The Morgan fingerprint density at radius 2 is 1.03 bits per heavy atom. The van der Waals surface area contributed by atoms with E-state index in [2.05, 4.69) is 142 Å². The predicted molar refractivity (Wildman–Crippen MR) is 180 cm³/mol. The fraction of sp³-hybridized carbons (Fsp3) is 0.643. The topological polar surface area (TPSA) is 0 Å². The molecule has 0 aromatic heterocycles. The van der Waals surface area contributed by atoms with E-state index < -0.39 is 48.4 Å². The monoisotopic (exact) mass is 617 g/mol. The van der Waals surface area contributed by atoms with E-state index in [1.54, 1.807) is 31.8 Å². The van der Waals surface area contributed by atoms with Crippen molar-refractivity contribution in [1.29, 1.82) is 0 Å². The molecule has 0 aliphatic heterocycles. The van der Waals surface area contributed by atoms with Crippen molar-refractivity contribution in [3.05, 3.63) is 40.9 Å². The van der Waals surface area contributed by atoms with Gasteiger partial charge in [0.05, 0.1) is 16.1 Å². The molecule has 0 nitrogen and oxygen atoms in total. The van der Waals surface area contributed by atoms with Gasteiger partial charge in [-0.25, -0.2) is 28.1 Å². The fourth-order valence-electron chi connectivity index (χ4n) is 4.36. The van der Waals surface area contributed by atoms with Gasteiger partial charge in [0.2, 0.25) is 0 Å². The van der Waals surface area contributed by atoms with Crippen LogP contribution in [0.1, 0.15) is 0 Å². The summed E-state index contributed by atoms with van der Waals surface area (Å²) in [4.78, 5) is 0. The SMILES string of the molecule is C[Si](C)(C)[C]1[CH][C-]([Si](C)(C)C)C([Si](C)(C)C)=C1.C[Si](C)(C)c1cc([Si](C)(C)C)c([Si](C)(C)C)[cH-]1.[Mn+2]. The van der Waals surface area contributed by atoms with Crippen molar-refractivity contribution in [3.8, 4) is 0 Å². The molecule has 35 heavy (non-hydrogen) atoms. The van der Waals surface area contributed by atoms with Crippen molar-refractivity contribution in [1.82, 2.24) is 0 Å². The standard InChI is InChI=1S/2C14H29Si3.Mn/c2*1-15(2,3)12-10-13(16(4,5)6)14(11-12)17(7,8)9;/h2*10-11H,1-9H3;/q2*-1;+2. The zero-order valence-corrected chi connectivity index (χ0v) is 33.9. The van der Waals surface area contributed by atoms with Crippen LogP contribution in [0.4, 0.5) is 0 Å². The zero-order valence-electron chi connectivity index (χ0n) is 26.7. The first-order chi connectivity index (χ1) is 14.7. The Hall–Kier alpha value is 0.781. The van der Waals surface area contributed by atoms with Crippen molar-refractivity contribution in [2.24, 2.45) is 0 Å². The molecule has 0 amide bonds. The Labute approximate surface area is 238 Å². The molecule has 0 N–H and O–H groups in total. The molecule has 2 rings (SSSR count). The fourth-order valence-corrected chi connectivity index (χ4v) is 17.6. The smallest absolute Gasteiger partial charge is 0.229 e. The molecule has 1 aliphatic rings. The number of allylic oxidation sites excluding steroid dienone is 2. The van der Waals surface area contributed by atoms with Gasteiger partial charge in [0.15, 0.2) is 0 Å². The van der Waals surface area contributed by atoms with Crippen LogP contribution < -0.4 is 15.6 Å². The molecule has 0 saturated heterocycles. The van der Waals surface area contributed by atoms with E-state index in [0.717, 1.165) is 0 Å². The molecule has 1 aromatic rings. The first-order valence-electron chi connectivity index (χ1n) is 13.3. The normalized spacial score (nSPS) is 16.5. The van der Waals surface area contributed by atoms with Gasteiger partial charge >= 0.3 is 17.1 Å². The van der Waals surface area contributed by atoms with Crippen LogP contribution in [0.5, 0.6) is 0 Å². The van der Waals surface area contributed by atoms with Gasteiger partial charge in [0, 0.05) is 24.2 Å². The molecular formula is C28H58MnSi6. The van der Waals surface area contributed by atoms with E-state index in [1.807, 2.05) is 0 Å². The molecule has 1 aromatic carbocycles. The average Bonchev–Trinajstić information content (AvgIpc) is 3.18. The third kappa shape index (κ3) is 10.1. The van der Waals surface area contributed by atoms with E-state index in [4.69, 9.17) is 0 Å². The summed E-state index contributed by atoms with van der Waals surface area (Å²) in [5.74, 6) is 0. The van der Waals surface area contributed by atoms with E-state index in [-0.39, 0.29) is 17.1 Å². The third-order valence-electron chi connectivity index (χ3n) is 6.74. The second kappa shape index (κ2) is 11.5. The van der Waals surface area contributed by atoms with Crippen molar-refractivity contribution >= 4 is 64.0 Å². The van der Waals surface area contributed by atoms with Gasteiger partial charge in [0.25, 0.3) is 0 Å². The van der Waals surface area contributed by atoms with Crippen LogP contribution in [0, 0.1) is 17.5 Å². The molecule has 3 radical (unpaired) electrons. The molecule has 0 fully saturated rings. The summed E-state index contributed by atoms with van der Waals surface area (Å²) in [6.45, 7) is 44.6. The summed E-state index contributed by atoms with van der Waals surface area (Å²) < 4.78 is 0. The Balaban J connectivity index is 0.000000642. The van der Waals surface area contributed by atoms with Crippen molar-refractivity contribution in [2.45, 2.75) is 118 Å². The van der Waals surface area contributed by atoms with Gasteiger partial charge in [-0.05, 0) is 8.07 Å². The second-order valence-electron chi connectivity index (χ2n) is 16.6. The summed E-state index contributed by atoms with van der Waals surface area (Å²) in [7, 11) is -7.07. The second-order valence-corrected chi connectivity index (χ2v) is 47.0. The summed E-state index contributed by atoms with van der Waals surface area (Å²) in [5, 5.41) is 6.91. The molecule has 0 atom stereocenters. The molecular weight excluding hydrogens is 560 g/mol. The summed E-state index contributed by atoms with van der Waals surface area (Å²) >= 11 is 0. The van der Waals surface area contributed by atoms with Crippen LogP contribution in [0.3, 0.4) is 0 Å². The van der Waals surface area contributed by atoms with Crippen LogP contribution in [0.25, 0.3) is 0 Å². The van der Waals surface area contributed by atoms with Crippen molar-refractivity contribution in [3.63, 3.8) is 0 Å². The number of hydrogen-bond donors (Lipinski definition) is 0. The van der Waals surface area contributed by atoms with E-state index >= 15 is 0 Å². The van der Waals surface area contributed by atoms with E-state index in [9.17, 15) is 0 Å². The van der Waals surface area contributed by atoms with Gasteiger partial charge in [-0.2, -0.15) is 16.4 Å². The van der Waals surface area contributed by atoms with Crippen LogP contribution in [-0.4, -0.2) is 48.4 Å². The maximum absolute atomic E-state index is 2.58. The Morgan fingerprint density at radius 3 is 1.26 bits per heavy atom. The third-order valence-corrected chi connectivity index (χ3v) is 19.4. The maximum Gasteiger partial charge on any atom is 2.00 e. The molecule has 0 heterocycles. The minimum atomic E-state index is -1.19. The minimum absolute atomic E-state index is 0. The van der Waals surface area contributed by atoms with Gasteiger partial charge < -0.3 is 0 Å². The Bertz CT molecular complexity index is 825. The minimum Gasteiger partial charge on any atom is -0.229 e. The number of rotatable bonds is 6. The van der Waals surface area contributed by atoms with Crippen LogP contribution in [0.2, 0.25) is 118 Å². The van der Waals surface area contributed by atoms with Gasteiger partial charge in [-0.3, -0.25) is 0 Å². The quantitative estimate of drug-likeness (QED) is 0.224. The molecule has 0 saturated carbocycles. The van der Waals surface area contributed by atoms with Crippen molar-refractivity contribution in [2.75, 3.05) is 0 Å². The Morgan fingerprint density at radius 1 is 0.571 bits per heavy atom. The predicted octanol–water partition coefficient (Wildman–Crippen LogP) is 7.95. The van der Waals surface area contributed by atoms with E-state index in [0.29, 0.717) is 0 Å². The molecule has 0 spiro atoms.